The molecule has 6 rings (SSSR count). The quantitative estimate of drug-likeness (QED) is 0.215. The first-order valence-corrected chi connectivity index (χ1v) is 12.0. The molecule has 0 N–H and O–H groups in total. The van der Waals surface area contributed by atoms with Gasteiger partial charge in [0.2, 0.25) is 5.69 Å². The van der Waals surface area contributed by atoms with Crippen LogP contribution in [-0.4, -0.2) is 45.0 Å². The molecule has 1 fully saturated rings. The lowest BCUT2D eigenvalue weighted by atomic mass is 10.0. The lowest BCUT2D eigenvalue weighted by Gasteiger charge is -2.18. The first-order valence-electron chi connectivity index (χ1n) is 11.6. The fraction of sp³-hybridized carbons (Fsp3) is 0.261. The number of alkyl halides is 2. The molecule has 0 amide bonds. The summed E-state index contributed by atoms with van der Waals surface area (Å²) in [5.41, 5.74) is 1.77. The molecule has 4 aromatic heterocycles. The fourth-order valence-corrected chi connectivity index (χ4v) is 4.51. The Morgan fingerprint density at radius 2 is 1.95 bits per heavy atom. The monoisotopic (exact) mass is 542 g/mol. The summed E-state index contributed by atoms with van der Waals surface area (Å²) >= 11 is 6.05. The zero-order chi connectivity index (χ0) is 26.4. The molecule has 1 aromatic carbocycles. The van der Waals surface area contributed by atoms with Crippen LogP contribution in [0.15, 0.2) is 55.4 Å². The third-order valence-electron chi connectivity index (χ3n) is 6.40. The van der Waals surface area contributed by atoms with Crippen molar-refractivity contribution in [2.24, 2.45) is 5.92 Å². The van der Waals surface area contributed by atoms with Crippen LogP contribution in [0, 0.1) is 16.9 Å². The summed E-state index contributed by atoms with van der Waals surface area (Å²) in [5.74, 6) is -0.292. The molecule has 1 unspecified atom stereocenters. The Hall–Kier alpha value is -4.33. The zero-order valence-corrected chi connectivity index (χ0v) is 20.2. The third-order valence-corrected chi connectivity index (χ3v) is 6.69. The summed E-state index contributed by atoms with van der Waals surface area (Å²) in [6.45, 7) is -2.86. The van der Waals surface area contributed by atoms with Crippen LogP contribution in [0.5, 0.6) is 0 Å². The molecule has 38 heavy (non-hydrogen) atoms. The third kappa shape index (κ3) is 4.47. The molecular formula is C23H18ClF3N10O. The van der Waals surface area contributed by atoms with Gasteiger partial charge in [0.05, 0.1) is 34.2 Å². The van der Waals surface area contributed by atoms with Crippen molar-refractivity contribution in [3.63, 3.8) is 0 Å². The minimum absolute atomic E-state index is 0.0724. The van der Waals surface area contributed by atoms with Gasteiger partial charge < -0.3 is 5.21 Å². The Balaban J connectivity index is 1.38. The van der Waals surface area contributed by atoms with Crippen LogP contribution in [0.1, 0.15) is 37.5 Å². The average molecular weight is 543 g/mol. The summed E-state index contributed by atoms with van der Waals surface area (Å²) < 4.78 is 44.6. The van der Waals surface area contributed by atoms with Crippen molar-refractivity contribution >= 4 is 11.6 Å². The number of nitrogens with zero attached hydrogens (tertiary/aromatic N) is 10. The normalized spacial score (nSPS) is 14.3. The number of aromatic nitrogens is 10. The van der Waals surface area contributed by atoms with Gasteiger partial charge in [-0.3, -0.25) is 4.68 Å². The molecule has 15 heteroatoms. The van der Waals surface area contributed by atoms with Crippen LogP contribution in [0.3, 0.4) is 0 Å². The van der Waals surface area contributed by atoms with Crippen molar-refractivity contribution in [2.75, 3.05) is 0 Å². The van der Waals surface area contributed by atoms with Gasteiger partial charge in [-0.1, -0.05) is 24.4 Å². The van der Waals surface area contributed by atoms with Gasteiger partial charge in [-0.2, -0.15) is 28.4 Å². The molecule has 1 saturated carbocycles. The van der Waals surface area contributed by atoms with Crippen LogP contribution in [0.25, 0.3) is 28.1 Å². The van der Waals surface area contributed by atoms with Gasteiger partial charge in [0.15, 0.2) is 12.0 Å². The highest BCUT2D eigenvalue weighted by atomic mass is 35.5. The molecular weight excluding hydrogens is 525 g/mol. The summed E-state index contributed by atoms with van der Waals surface area (Å²) in [4.78, 5) is 0.317. The molecule has 0 bridgehead atoms. The van der Waals surface area contributed by atoms with Crippen LogP contribution in [0.4, 0.5) is 13.2 Å². The topological polar surface area (TPSA) is 119 Å². The summed E-state index contributed by atoms with van der Waals surface area (Å²) in [6, 6.07) is 5.75. The molecule has 5 aromatic rings. The maximum absolute atomic E-state index is 15.2. The van der Waals surface area contributed by atoms with E-state index in [4.69, 9.17) is 11.6 Å². The first-order chi connectivity index (χ1) is 18.4. The van der Waals surface area contributed by atoms with Crippen LogP contribution >= 0.6 is 11.6 Å². The average Bonchev–Trinajstić information content (AvgIpc) is 3.32. The second-order valence-electron chi connectivity index (χ2n) is 8.91. The van der Waals surface area contributed by atoms with Gasteiger partial charge in [-0.25, -0.2) is 4.39 Å². The van der Waals surface area contributed by atoms with Gasteiger partial charge in [-0.15, -0.1) is 15.0 Å². The number of rotatable bonds is 8. The molecule has 194 valence electrons. The van der Waals surface area contributed by atoms with Crippen LogP contribution in [0.2, 0.25) is 5.02 Å². The lowest BCUT2D eigenvalue weighted by Crippen LogP contribution is -2.35. The maximum Gasteiger partial charge on any atom is 0.348 e. The smallest absolute Gasteiger partial charge is 0.348 e. The minimum atomic E-state index is -2.86. The molecule has 0 saturated heterocycles. The summed E-state index contributed by atoms with van der Waals surface area (Å²) in [6.07, 6.45) is 9.67. The number of halogens is 4. The summed E-state index contributed by atoms with van der Waals surface area (Å²) in [7, 11) is 0. The van der Waals surface area contributed by atoms with Crippen molar-refractivity contribution < 1.29 is 17.9 Å². The van der Waals surface area contributed by atoms with E-state index in [2.05, 4.69) is 30.8 Å². The fourth-order valence-electron chi connectivity index (χ4n) is 4.35. The number of hydrogen-bond donors (Lipinski definition) is 0. The number of hydrogen-bond acceptors (Lipinski definition) is 7. The van der Waals surface area contributed by atoms with E-state index < -0.39 is 18.4 Å². The van der Waals surface area contributed by atoms with Gasteiger partial charge in [0.25, 0.3) is 0 Å². The second kappa shape index (κ2) is 9.52. The van der Waals surface area contributed by atoms with Gasteiger partial charge in [0.1, 0.15) is 18.1 Å². The number of benzene rings is 1. The molecule has 0 radical (unpaired) electrons. The maximum atomic E-state index is 15.2. The molecule has 0 spiro atoms. The number of tetrazole rings is 1. The highest BCUT2D eigenvalue weighted by Crippen LogP contribution is 2.39. The van der Waals surface area contributed by atoms with Gasteiger partial charge in [0, 0.05) is 17.8 Å². The Morgan fingerprint density at radius 3 is 2.63 bits per heavy atom. The van der Waals surface area contributed by atoms with E-state index in [0.717, 1.165) is 12.8 Å². The zero-order valence-electron chi connectivity index (χ0n) is 19.4. The van der Waals surface area contributed by atoms with E-state index >= 15 is 4.39 Å². The van der Waals surface area contributed by atoms with E-state index in [1.165, 1.54) is 35.7 Å². The molecule has 4 heterocycles. The highest BCUT2D eigenvalue weighted by molar-refractivity contribution is 6.31. The standard InChI is InChI=1S/C23H18ClF3N10O/c24-16-4-6-19(35-12-28-32-33-35)21(22(16)25)14-3-5-18(36(38)11-14)20(7-13-1-2-13)34-10-15(8-29-34)17-9-30-37(31-17)23(26)27/h3-6,8-13,20,23H,1-2,7H2. The van der Waals surface area contributed by atoms with E-state index in [1.54, 1.807) is 29.1 Å². The molecule has 1 aliphatic rings. The Morgan fingerprint density at radius 1 is 1.11 bits per heavy atom. The largest absolute Gasteiger partial charge is 0.618 e. The molecule has 0 aliphatic heterocycles. The minimum Gasteiger partial charge on any atom is -0.618 e. The Bertz CT molecular complexity index is 1600. The Labute approximate surface area is 217 Å². The van der Waals surface area contributed by atoms with Crippen LogP contribution in [-0.2, 0) is 0 Å². The predicted octanol–water partition coefficient (Wildman–Crippen LogP) is 3.99. The van der Waals surface area contributed by atoms with E-state index in [-0.39, 0.29) is 21.8 Å². The van der Waals surface area contributed by atoms with Crippen molar-refractivity contribution in [1.82, 2.24) is 45.0 Å². The SMILES string of the molecule is [O-][n+]1cc(-c2c(-n3cnnn3)ccc(Cl)c2F)ccc1C(CC1CC1)n1cc(-c2cnn(C(F)F)n2)cn1. The van der Waals surface area contributed by atoms with Gasteiger partial charge >= 0.3 is 6.55 Å². The van der Waals surface area contributed by atoms with Crippen molar-refractivity contribution in [1.29, 1.82) is 0 Å². The van der Waals surface area contributed by atoms with Crippen molar-refractivity contribution in [2.45, 2.75) is 31.9 Å². The first kappa shape index (κ1) is 24.0. The van der Waals surface area contributed by atoms with Gasteiger partial charge in [-0.05, 0) is 41.0 Å². The van der Waals surface area contributed by atoms with E-state index in [0.29, 0.717) is 38.8 Å². The van der Waals surface area contributed by atoms with Crippen molar-refractivity contribution in [3.8, 4) is 28.1 Å². The van der Waals surface area contributed by atoms with E-state index in [9.17, 15) is 14.0 Å². The molecule has 11 nitrogen and oxygen atoms in total. The molecule has 1 atom stereocenters. The number of pyridine rings is 1. The molecule has 1 aliphatic carbocycles. The summed E-state index contributed by atoms with van der Waals surface area (Å²) in [5, 5.41) is 36.0. The highest BCUT2D eigenvalue weighted by Gasteiger charge is 2.32. The Kier molecular flexibility index (Phi) is 6.02. The predicted molar refractivity (Wildman–Crippen MR) is 126 cm³/mol. The van der Waals surface area contributed by atoms with Crippen molar-refractivity contribution in [3.05, 3.63) is 77.1 Å². The van der Waals surface area contributed by atoms with Crippen LogP contribution < -0.4 is 4.73 Å². The van der Waals surface area contributed by atoms with E-state index in [1.807, 2.05) is 0 Å². The lowest BCUT2D eigenvalue weighted by molar-refractivity contribution is -0.615. The second-order valence-corrected chi connectivity index (χ2v) is 9.32.